The Kier molecular flexibility index (Phi) is 4.69. The molecule has 1 amide bonds. The lowest BCUT2D eigenvalue weighted by Gasteiger charge is -2.48. The van der Waals surface area contributed by atoms with Crippen molar-refractivity contribution in [1.82, 2.24) is 10.2 Å². The van der Waals surface area contributed by atoms with E-state index in [1.54, 1.807) is 0 Å². The molecule has 3 unspecified atom stereocenters. The second-order valence-electron chi connectivity index (χ2n) is 7.96. The van der Waals surface area contributed by atoms with Crippen molar-refractivity contribution in [2.24, 2.45) is 0 Å². The minimum absolute atomic E-state index is 0.179. The highest BCUT2D eigenvalue weighted by Crippen LogP contribution is 2.46. The van der Waals surface area contributed by atoms with E-state index < -0.39 is 0 Å². The van der Waals surface area contributed by atoms with E-state index in [2.05, 4.69) is 17.1 Å². The van der Waals surface area contributed by atoms with Crippen LogP contribution in [0.25, 0.3) is 0 Å². The molecule has 3 fully saturated rings. The van der Waals surface area contributed by atoms with E-state index in [9.17, 15) is 4.79 Å². The number of piperidine rings is 1. The summed E-state index contributed by atoms with van der Waals surface area (Å²) in [7, 11) is 0. The van der Waals surface area contributed by atoms with E-state index in [1.807, 2.05) is 30.3 Å². The first-order valence-electron chi connectivity index (χ1n) is 9.47. The van der Waals surface area contributed by atoms with Gasteiger partial charge in [-0.3, -0.25) is 4.90 Å². The highest BCUT2D eigenvalue weighted by atomic mass is 16.5. The molecule has 3 aliphatic rings. The molecule has 3 saturated heterocycles. The molecule has 136 valence electrons. The summed E-state index contributed by atoms with van der Waals surface area (Å²) < 4.78 is 11.0. The van der Waals surface area contributed by atoms with Crippen molar-refractivity contribution in [3.8, 4) is 0 Å². The van der Waals surface area contributed by atoms with Crippen LogP contribution in [0.5, 0.6) is 0 Å². The molecule has 0 radical (unpaired) electrons. The zero-order valence-corrected chi connectivity index (χ0v) is 14.9. The van der Waals surface area contributed by atoms with Crippen LogP contribution in [-0.2, 0) is 16.1 Å². The predicted octanol–water partition coefficient (Wildman–Crippen LogP) is 3.09. The second-order valence-corrected chi connectivity index (χ2v) is 7.96. The fraction of sp³-hybridized carbons (Fsp3) is 0.650. The van der Waals surface area contributed by atoms with E-state index in [4.69, 9.17) is 9.47 Å². The Morgan fingerprint density at radius 2 is 2.16 bits per heavy atom. The highest BCUT2D eigenvalue weighted by Gasteiger charge is 2.52. The molecule has 4 rings (SSSR count). The normalized spacial score (nSPS) is 34.8. The third kappa shape index (κ3) is 3.53. The minimum Gasteiger partial charge on any atom is -0.445 e. The van der Waals surface area contributed by atoms with Crippen LogP contribution in [0.15, 0.2) is 30.3 Å². The third-order valence-corrected chi connectivity index (χ3v) is 6.11. The molecule has 0 saturated carbocycles. The Labute approximate surface area is 149 Å². The molecule has 1 aromatic carbocycles. The summed E-state index contributed by atoms with van der Waals surface area (Å²) in [5.41, 5.74) is 1.19. The Morgan fingerprint density at radius 3 is 2.88 bits per heavy atom. The van der Waals surface area contributed by atoms with Crippen molar-refractivity contribution in [2.75, 3.05) is 13.2 Å². The molecule has 3 aliphatic heterocycles. The summed E-state index contributed by atoms with van der Waals surface area (Å²) >= 11 is 0. The van der Waals surface area contributed by atoms with Crippen LogP contribution in [0.2, 0.25) is 0 Å². The SMILES string of the molecule is CC12CCC(CC(NC(=O)OCc3ccccc3)C1)N2[C@@H]1CCOC1. The Hall–Kier alpha value is -1.59. The molecule has 3 heterocycles. The summed E-state index contributed by atoms with van der Waals surface area (Å²) in [6, 6.07) is 11.1. The maximum atomic E-state index is 12.2. The topological polar surface area (TPSA) is 50.8 Å². The van der Waals surface area contributed by atoms with E-state index >= 15 is 0 Å². The van der Waals surface area contributed by atoms with Gasteiger partial charge in [-0.2, -0.15) is 0 Å². The summed E-state index contributed by atoms with van der Waals surface area (Å²) in [5, 5.41) is 3.11. The molecule has 5 heteroatoms. The van der Waals surface area contributed by atoms with Crippen LogP contribution in [-0.4, -0.2) is 47.9 Å². The number of ether oxygens (including phenoxy) is 2. The van der Waals surface area contributed by atoms with Gasteiger partial charge in [-0.1, -0.05) is 30.3 Å². The van der Waals surface area contributed by atoms with Gasteiger partial charge in [0.05, 0.1) is 6.61 Å². The number of nitrogens with one attached hydrogen (secondary N) is 1. The van der Waals surface area contributed by atoms with Gasteiger partial charge in [0.2, 0.25) is 0 Å². The Bertz CT molecular complexity index is 602. The molecule has 1 N–H and O–H groups in total. The zero-order chi connectivity index (χ0) is 17.3. The van der Waals surface area contributed by atoms with Crippen LogP contribution in [0.4, 0.5) is 4.79 Å². The molecule has 2 bridgehead atoms. The third-order valence-electron chi connectivity index (χ3n) is 6.11. The number of carbonyl (C=O) groups is 1. The van der Waals surface area contributed by atoms with Gasteiger partial charge in [-0.25, -0.2) is 4.79 Å². The molecular weight excluding hydrogens is 316 g/mol. The molecule has 25 heavy (non-hydrogen) atoms. The van der Waals surface area contributed by atoms with Gasteiger partial charge in [0, 0.05) is 30.3 Å². The summed E-state index contributed by atoms with van der Waals surface area (Å²) in [6.07, 6.45) is 5.31. The maximum absolute atomic E-state index is 12.2. The number of nitrogens with zero attached hydrogens (tertiary/aromatic N) is 1. The van der Waals surface area contributed by atoms with Gasteiger partial charge in [-0.05, 0) is 44.6 Å². The van der Waals surface area contributed by atoms with Crippen molar-refractivity contribution in [1.29, 1.82) is 0 Å². The van der Waals surface area contributed by atoms with Crippen LogP contribution in [0.3, 0.4) is 0 Å². The van der Waals surface area contributed by atoms with Crippen molar-refractivity contribution in [3.63, 3.8) is 0 Å². The number of hydrogen-bond donors (Lipinski definition) is 1. The Morgan fingerprint density at radius 1 is 1.32 bits per heavy atom. The van der Waals surface area contributed by atoms with Crippen molar-refractivity contribution in [3.05, 3.63) is 35.9 Å². The smallest absolute Gasteiger partial charge is 0.407 e. The van der Waals surface area contributed by atoms with Crippen molar-refractivity contribution in [2.45, 2.75) is 69.3 Å². The lowest BCUT2D eigenvalue weighted by atomic mass is 9.85. The number of hydrogen-bond acceptors (Lipinski definition) is 4. The molecule has 5 nitrogen and oxygen atoms in total. The average Bonchev–Trinajstić information content (AvgIpc) is 3.18. The number of carbonyl (C=O) groups excluding carboxylic acids is 1. The zero-order valence-electron chi connectivity index (χ0n) is 14.9. The van der Waals surface area contributed by atoms with E-state index in [0.717, 1.165) is 38.0 Å². The molecule has 4 atom stereocenters. The van der Waals surface area contributed by atoms with Crippen molar-refractivity contribution >= 4 is 6.09 Å². The first-order chi connectivity index (χ1) is 12.1. The lowest BCUT2D eigenvalue weighted by molar-refractivity contribution is 0.00492. The number of rotatable bonds is 4. The first-order valence-corrected chi connectivity index (χ1v) is 9.47. The quantitative estimate of drug-likeness (QED) is 0.912. The van der Waals surface area contributed by atoms with Gasteiger partial charge in [0.15, 0.2) is 0 Å². The van der Waals surface area contributed by atoms with E-state index in [-0.39, 0.29) is 17.7 Å². The van der Waals surface area contributed by atoms with Gasteiger partial charge in [0.25, 0.3) is 0 Å². The first kappa shape index (κ1) is 16.9. The molecule has 0 aromatic heterocycles. The highest BCUT2D eigenvalue weighted by molar-refractivity contribution is 5.67. The fourth-order valence-electron chi connectivity index (χ4n) is 5.09. The van der Waals surface area contributed by atoms with Gasteiger partial charge in [0.1, 0.15) is 6.61 Å². The predicted molar refractivity (Wildman–Crippen MR) is 95.3 cm³/mol. The van der Waals surface area contributed by atoms with Crippen LogP contribution in [0.1, 0.15) is 44.6 Å². The molecule has 0 spiro atoms. The van der Waals surface area contributed by atoms with Gasteiger partial charge in [-0.15, -0.1) is 0 Å². The summed E-state index contributed by atoms with van der Waals surface area (Å²) in [4.78, 5) is 14.9. The van der Waals surface area contributed by atoms with Crippen molar-refractivity contribution < 1.29 is 14.3 Å². The lowest BCUT2D eigenvalue weighted by Crippen LogP contribution is -2.59. The monoisotopic (exact) mass is 344 g/mol. The molecular formula is C20H28N2O3. The van der Waals surface area contributed by atoms with Gasteiger partial charge < -0.3 is 14.8 Å². The average molecular weight is 344 g/mol. The molecule has 1 aromatic rings. The number of benzene rings is 1. The largest absolute Gasteiger partial charge is 0.445 e. The number of fused-ring (bicyclic) bond motifs is 2. The van der Waals surface area contributed by atoms with E-state index in [1.165, 1.54) is 12.8 Å². The number of alkyl carbamates (subject to hydrolysis) is 1. The fourth-order valence-corrected chi connectivity index (χ4v) is 5.09. The van der Waals surface area contributed by atoms with Crippen LogP contribution in [0, 0.1) is 0 Å². The minimum atomic E-state index is -0.297. The van der Waals surface area contributed by atoms with Crippen LogP contribution >= 0.6 is 0 Å². The summed E-state index contributed by atoms with van der Waals surface area (Å²) in [6.45, 7) is 4.43. The maximum Gasteiger partial charge on any atom is 0.407 e. The summed E-state index contributed by atoms with van der Waals surface area (Å²) in [5.74, 6) is 0. The Balaban J connectivity index is 1.32. The van der Waals surface area contributed by atoms with E-state index in [0.29, 0.717) is 18.7 Å². The number of amides is 1. The van der Waals surface area contributed by atoms with Gasteiger partial charge >= 0.3 is 6.09 Å². The standard InChI is InChI=1S/C20H28N2O3/c1-20-9-7-17(22(20)18-8-10-24-14-18)11-16(12-20)21-19(23)25-13-15-5-3-2-4-6-15/h2-6,16-18H,7-14H2,1H3,(H,21,23)/t16?,17?,18-,20?/m1/s1. The second kappa shape index (κ2) is 6.96. The van der Waals surface area contributed by atoms with Crippen LogP contribution < -0.4 is 5.32 Å². The molecule has 0 aliphatic carbocycles.